The summed E-state index contributed by atoms with van der Waals surface area (Å²) in [5.74, 6) is 0. The lowest BCUT2D eigenvalue weighted by molar-refractivity contribution is 1.54. The van der Waals surface area contributed by atoms with Crippen molar-refractivity contribution in [2.24, 2.45) is 0 Å². The highest BCUT2D eigenvalue weighted by Gasteiger charge is 2.48. The minimum atomic E-state index is -3.16. The minimum absolute atomic E-state index is 0.0856. The van der Waals surface area contributed by atoms with Crippen LogP contribution >= 0.6 is 0 Å². The van der Waals surface area contributed by atoms with Gasteiger partial charge in [-0.05, 0) is 157 Å². The van der Waals surface area contributed by atoms with Gasteiger partial charge in [-0.3, -0.25) is 0 Å². The highest BCUT2D eigenvalue weighted by molar-refractivity contribution is 7.21. The van der Waals surface area contributed by atoms with Crippen molar-refractivity contribution in [3.05, 3.63) is 254 Å². The normalized spacial score (nSPS) is 13.1. The second-order valence-corrected chi connectivity index (χ2v) is 25.1. The molecule has 13 aromatic carbocycles. The molecular formula is C71H44B2Si. The maximum Gasteiger partial charge on any atom is 0.244 e. The van der Waals surface area contributed by atoms with Gasteiger partial charge in [0.25, 0.3) is 0 Å². The van der Waals surface area contributed by atoms with Crippen LogP contribution in [0.1, 0.15) is 5.56 Å². The standard InChI is InChI=1S/C71H44B2Si/c1-43-35-54-58-38-46(44-21-7-2-8-22-44)36-56-51-31-18-20-34-62(51)73(70(56)58)64-41-60-65(74(48-25-11-4-12-26-48,49-27-13-5-14-28-49)50-29-15-6-16-30-50)42-55-59-39-47(45-23-9-3-10-24-45)37-57-52-32-17-19-33-61(52)72(71(57)59)63-40-53(43)68(66(54)64)69(60)67(55)63/h2-42H,1H3. The van der Waals surface area contributed by atoms with Crippen molar-refractivity contribution >= 4 is 107 Å². The van der Waals surface area contributed by atoms with Crippen LogP contribution in [0.3, 0.4) is 0 Å². The molecule has 4 heterocycles. The Balaban J connectivity index is 1.12. The van der Waals surface area contributed by atoms with E-state index in [2.05, 4.69) is 256 Å². The third kappa shape index (κ3) is 5.19. The van der Waals surface area contributed by atoms with Crippen LogP contribution in [-0.4, -0.2) is 21.5 Å². The fourth-order valence-corrected chi connectivity index (χ4v) is 20.0. The Bertz CT molecular complexity index is 4430. The predicted octanol–water partition coefficient (Wildman–Crippen LogP) is 10.6. The van der Waals surface area contributed by atoms with E-state index in [-0.39, 0.29) is 13.4 Å². The summed E-state index contributed by atoms with van der Waals surface area (Å²) in [4.78, 5) is 0. The summed E-state index contributed by atoms with van der Waals surface area (Å²) in [6.45, 7) is 2.59. The summed E-state index contributed by atoms with van der Waals surface area (Å²) in [5, 5.41) is 14.1. The van der Waals surface area contributed by atoms with Gasteiger partial charge in [-0.25, -0.2) is 0 Å². The Morgan fingerprint density at radius 2 is 0.635 bits per heavy atom. The van der Waals surface area contributed by atoms with Gasteiger partial charge in [0, 0.05) is 0 Å². The van der Waals surface area contributed by atoms with Crippen molar-refractivity contribution in [1.29, 1.82) is 0 Å². The average Bonchev–Trinajstić information content (AvgIpc) is 4.01. The van der Waals surface area contributed by atoms with Crippen molar-refractivity contribution in [1.82, 2.24) is 0 Å². The van der Waals surface area contributed by atoms with Crippen LogP contribution in [0.4, 0.5) is 0 Å². The minimum Gasteiger partial charge on any atom is -0.0664 e. The molecule has 4 aliphatic rings. The molecule has 0 aromatic heterocycles. The van der Waals surface area contributed by atoms with Gasteiger partial charge in [-0.15, -0.1) is 0 Å². The Morgan fingerprint density at radius 3 is 1.09 bits per heavy atom. The lowest BCUT2D eigenvalue weighted by Crippen LogP contribution is -2.75. The molecule has 0 saturated heterocycles. The molecule has 0 aliphatic carbocycles. The largest absolute Gasteiger partial charge is 0.244 e. The molecule has 17 rings (SSSR count). The van der Waals surface area contributed by atoms with Gasteiger partial charge in [0.05, 0.1) is 0 Å². The number of fused-ring (bicyclic) bond motifs is 10. The van der Waals surface area contributed by atoms with Crippen molar-refractivity contribution in [3.8, 4) is 66.8 Å². The lowest BCUT2D eigenvalue weighted by atomic mass is 9.34. The first-order valence-electron chi connectivity index (χ1n) is 26.3. The third-order valence-electron chi connectivity index (χ3n) is 17.9. The third-order valence-corrected chi connectivity index (χ3v) is 22.7. The van der Waals surface area contributed by atoms with E-state index in [9.17, 15) is 0 Å². The molecule has 338 valence electrons. The summed E-state index contributed by atoms with van der Waals surface area (Å²) < 4.78 is 0. The smallest absolute Gasteiger partial charge is 0.0664 e. The molecule has 0 radical (unpaired) electrons. The Morgan fingerprint density at radius 1 is 0.270 bits per heavy atom. The molecule has 13 aromatic rings. The van der Waals surface area contributed by atoms with E-state index < -0.39 is 8.07 Å². The number of hydrogen-bond acceptors (Lipinski definition) is 0. The molecule has 0 spiro atoms. The Kier molecular flexibility index (Phi) is 8.23. The predicted molar refractivity (Wildman–Crippen MR) is 320 cm³/mol. The molecule has 0 saturated carbocycles. The van der Waals surface area contributed by atoms with Gasteiger partial charge in [-0.1, -0.05) is 257 Å². The molecule has 0 atom stereocenters. The number of rotatable bonds is 6. The fraction of sp³-hybridized carbons (Fsp3) is 0.0141. The Labute approximate surface area is 432 Å². The van der Waals surface area contributed by atoms with Crippen molar-refractivity contribution in [3.63, 3.8) is 0 Å². The van der Waals surface area contributed by atoms with E-state index in [1.807, 2.05) is 0 Å². The quantitative estimate of drug-likeness (QED) is 0.0885. The van der Waals surface area contributed by atoms with Crippen molar-refractivity contribution in [2.45, 2.75) is 6.92 Å². The number of aryl methyl sites for hydroxylation is 1. The van der Waals surface area contributed by atoms with E-state index in [1.165, 1.54) is 158 Å². The van der Waals surface area contributed by atoms with Gasteiger partial charge in [0.15, 0.2) is 8.07 Å². The number of hydrogen-bond donors (Lipinski definition) is 0. The summed E-state index contributed by atoms with van der Waals surface area (Å²) in [6, 6.07) is 96.4. The monoisotopic (exact) mass is 946 g/mol. The topological polar surface area (TPSA) is 0 Å². The molecule has 0 unspecified atom stereocenters. The van der Waals surface area contributed by atoms with E-state index in [1.54, 1.807) is 0 Å². The first-order valence-corrected chi connectivity index (χ1v) is 28.3. The van der Waals surface area contributed by atoms with Gasteiger partial charge in [-0.2, -0.15) is 0 Å². The highest BCUT2D eigenvalue weighted by atomic mass is 28.3. The summed E-state index contributed by atoms with van der Waals surface area (Å²) >= 11 is 0. The van der Waals surface area contributed by atoms with Crippen LogP contribution in [-0.2, 0) is 0 Å². The van der Waals surface area contributed by atoms with Crippen molar-refractivity contribution < 1.29 is 0 Å². The Hall–Kier alpha value is -8.75. The zero-order valence-corrected chi connectivity index (χ0v) is 41.8. The summed E-state index contributed by atoms with van der Waals surface area (Å²) in [5.41, 5.74) is 25.8. The second-order valence-electron chi connectivity index (χ2n) is 21.3. The van der Waals surface area contributed by atoms with E-state index in [0.717, 1.165) is 0 Å². The van der Waals surface area contributed by atoms with Crippen LogP contribution in [0, 0.1) is 6.92 Å². The van der Waals surface area contributed by atoms with Crippen LogP contribution in [0.2, 0.25) is 0 Å². The molecule has 0 nitrogen and oxygen atoms in total. The SMILES string of the molecule is Cc1cc2c3c(cc4c([Si](c5ccccc5)(c5ccccc5)c5ccccc5)cc5c6c(cc1c3c46)B1c3ccccc3-c3cc(-c4ccccc4)cc-5c31)B1c3ccccc3-c3cc(-c4ccccc4)cc-2c31. The molecule has 0 bridgehead atoms. The molecule has 0 amide bonds. The van der Waals surface area contributed by atoms with Gasteiger partial charge < -0.3 is 0 Å². The molecule has 3 heteroatoms. The van der Waals surface area contributed by atoms with Crippen LogP contribution in [0.25, 0.3) is 99.1 Å². The molecule has 4 aliphatic heterocycles. The molecule has 74 heavy (non-hydrogen) atoms. The first kappa shape index (κ1) is 40.8. The van der Waals surface area contributed by atoms with Gasteiger partial charge in [0.1, 0.15) is 0 Å². The van der Waals surface area contributed by atoms with E-state index >= 15 is 0 Å². The molecular weight excluding hydrogens is 902 g/mol. The fourth-order valence-electron chi connectivity index (χ4n) is 15.0. The van der Waals surface area contributed by atoms with Gasteiger partial charge in [0.2, 0.25) is 13.4 Å². The second kappa shape index (κ2) is 14.9. The lowest BCUT2D eigenvalue weighted by Gasteiger charge is -2.38. The van der Waals surface area contributed by atoms with Crippen LogP contribution in [0.15, 0.2) is 249 Å². The zero-order chi connectivity index (χ0) is 48.4. The van der Waals surface area contributed by atoms with Crippen LogP contribution < -0.4 is 53.5 Å². The van der Waals surface area contributed by atoms with Crippen LogP contribution in [0.5, 0.6) is 0 Å². The maximum atomic E-state index is 2.74. The highest BCUT2D eigenvalue weighted by Crippen LogP contribution is 2.48. The van der Waals surface area contributed by atoms with E-state index in [4.69, 9.17) is 0 Å². The summed E-state index contributed by atoms with van der Waals surface area (Å²) in [7, 11) is -3.16. The zero-order valence-electron chi connectivity index (χ0n) is 40.8. The first-order chi connectivity index (χ1) is 36.6. The number of benzene rings is 13. The van der Waals surface area contributed by atoms with Gasteiger partial charge >= 0.3 is 0 Å². The van der Waals surface area contributed by atoms with E-state index in [0.29, 0.717) is 0 Å². The summed E-state index contributed by atoms with van der Waals surface area (Å²) in [6.07, 6.45) is 0. The maximum absolute atomic E-state index is 3.16. The van der Waals surface area contributed by atoms with Crippen molar-refractivity contribution in [2.75, 3.05) is 0 Å². The molecule has 0 N–H and O–H groups in total. The molecule has 0 fully saturated rings. The average molecular weight is 947 g/mol.